The zero-order chi connectivity index (χ0) is 43.2. The van der Waals surface area contributed by atoms with Crippen LogP contribution in [0.3, 0.4) is 0 Å². The molecular formula is C47H51N5O9S. The van der Waals surface area contributed by atoms with E-state index in [1.807, 2.05) is 54.6 Å². The molecule has 1 atom stereocenters. The van der Waals surface area contributed by atoms with E-state index in [9.17, 15) is 27.9 Å². The molecule has 1 unspecified atom stereocenters. The Hall–Kier alpha value is -6.00. The Kier molecular flexibility index (Phi) is 13.0. The molecule has 324 valence electrons. The van der Waals surface area contributed by atoms with Crippen molar-refractivity contribution in [2.45, 2.75) is 36.7 Å². The number of ether oxygens (including phenoxy) is 3. The molecule has 3 aliphatic rings. The number of imide groups is 1. The second-order valence-corrected chi connectivity index (χ2v) is 17.9. The molecule has 3 N–H and O–H groups in total. The van der Waals surface area contributed by atoms with Crippen LogP contribution in [0.5, 0.6) is 23.0 Å². The highest BCUT2D eigenvalue weighted by molar-refractivity contribution is 7.90. The van der Waals surface area contributed by atoms with E-state index < -0.39 is 21.8 Å². The number of piperidine rings is 1. The standard InChI is InChI=1S/C47H51N5O9S/c1-62(57,58)39-12-3-32(4-13-39)40-14-5-33-30-36(53)7-16-41(33)45(40)61-38-10-8-37(9-11-38)60-26-2-19-48-20-27-59-28-25-50-21-23-51(24-22-50)35-6-15-42-34(29-35)31-52(47(42)56)43-17-18-44(54)49-46(43)55/h3-16,29-30,43,48,53H,2,17-28,31H2,1H3,(H,49,54,55). The van der Waals surface area contributed by atoms with Crippen LogP contribution < -0.4 is 25.0 Å². The van der Waals surface area contributed by atoms with Crippen LogP contribution in [-0.4, -0.2) is 119 Å². The summed E-state index contributed by atoms with van der Waals surface area (Å²) in [4.78, 5) is 43.6. The Morgan fingerprint density at radius 3 is 2.32 bits per heavy atom. The number of carbonyl (C=O) groups is 3. The van der Waals surface area contributed by atoms with Gasteiger partial charge in [0.25, 0.3) is 5.91 Å². The van der Waals surface area contributed by atoms with Crippen LogP contribution in [0.1, 0.15) is 35.2 Å². The maximum absolute atomic E-state index is 13.1. The molecule has 5 aromatic rings. The molecular weight excluding hydrogens is 811 g/mol. The smallest absolute Gasteiger partial charge is 0.255 e. The van der Waals surface area contributed by atoms with Gasteiger partial charge in [-0.3, -0.25) is 24.6 Å². The summed E-state index contributed by atoms with van der Waals surface area (Å²) in [7, 11) is -3.33. The zero-order valence-corrected chi connectivity index (χ0v) is 35.5. The van der Waals surface area contributed by atoms with E-state index in [-0.39, 0.29) is 28.9 Å². The molecule has 0 aliphatic carbocycles. The first-order valence-electron chi connectivity index (χ1n) is 21.0. The molecule has 0 spiro atoms. The number of nitrogens with one attached hydrogen (secondary N) is 2. The molecule has 0 saturated carbocycles. The van der Waals surface area contributed by atoms with Crippen molar-refractivity contribution in [1.29, 1.82) is 0 Å². The van der Waals surface area contributed by atoms with Gasteiger partial charge in [0, 0.05) is 80.7 Å². The predicted octanol–water partition coefficient (Wildman–Crippen LogP) is 5.37. The molecule has 3 aliphatic heterocycles. The van der Waals surface area contributed by atoms with Crippen LogP contribution in [-0.2, 0) is 30.7 Å². The maximum atomic E-state index is 13.1. The van der Waals surface area contributed by atoms with Crippen molar-refractivity contribution in [2.24, 2.45) is 0 Å². The summed E-state index contributed by atoms with van der Waals surface area (Å²) in [5, 5.41) is 17.5. The first kappa shape index (κ1) is 42.7. The third kappa shape index (κ3) is 10.0. The van der Waals surface area contributed by atoms with Gasteiger partial charge in [-0.25, -0.2) is 8.42 Å². The summed E-state index contributed by atoms with van der Waals surface area (Å²) in [5.74, 6) is 1.24. The maximum Gasteiger partial charge on any atom is 0.255 e. The van der Waals surface area contributed by atoms with Crippen LogP contribution in [0.4, 0.5) is 5.69 Å². The number of aromatic hydroxyl groups is 1. The first-order valence-corrected chi connectivity index (χ1v) is 22.9. The minimum Gasteiger partial charge on any atom is -0.508 e. The molecule has 8 rings (SSSR count). The lowest BCUT2D eigenvalue weighted by Crippen LogP contribution is -2.52. The number of rotatable bonds is 17. The van der Waals surface area contributed by atoms with Crippen molar-refractivity contribution in [1.82, 2.24) is 20.4 Å². The van der Waals surface area contributed by atoms with Gasteiger partial charge < -0.3 is 34.4 Å². The van der Waals surface area contributed by atoms with Crippen molar-refractivity contribution in [3.63, 3.8) is 0 Å². The van der Waals surface area contributed by atoms with Gasteiger partial charge in [0.15, 0.2) is 9.84 Å². The van der Waals surface area contributed by atoms with Crippen molar-refractivity contribution >= 4 is 44.0 Å². The van der Waals surface area contributed by atoms with Crippen molar-refractivity contribution in [3.05, 3.63) is 108 Å². The van der Waals surface area contributed by atoms with Crippen LogP contribution in [0.2, 0.25) is 0 Å². The highest BCUT2D eigenvalue weighted by Gasteiger charge is 2.39. The third-order valence-electron chi connectivity index (χ3n) is 11.6. The van der Waals surface area contributed by atoms with Gasteiger partial charge in [-0.1, -0.05) is 18.2 Å². The van der Waals surface area contributed by atoms with Crippen molar-refractivity contribution < 1.29 is 42.1 Å². The monoisotopic (exact) mass is 861 g/mol. The van der Waals surface area contributed by atoms with Gasteiger partial charge in [0.05, 0.1) is 24.7 Å². The number of carbonyl (C=O) groups excluding carboxylic acids is 3. The number of fused-ring (bicyclic) bond motifs is 2. The zero-order valence-electron chi connectivity index (χ0n) is 34.7. The number of hydrogen-bond acceptors (Lipinski definition) is 12. The average Bonchev–Trinajstić information content (AvgIpc) is 3.59. The molecule has 2 saturated heterocycles. The molecule has 2 fully saturated rings. The van der Waals surface area contributed by atoms with Gasteiger partial charge in [-0.2, -0.15) is 0 Å². The van der Waals surface area contributed by atoms with E-state index in [2.05, 4.69) is 26.5 Å². The highest BCUT2D eigenvalue weighted by Crippen LogP contribution is 2.41. The Labute approximate surface area is 361 Å². The van der Waals surface area contributed by atoms with Crippen LogP contribution in [0, 0.1) is 0 Å². The van der Waals surface area contributed by atoms with Gasteiger partial charge >= 0.3 is 0 Å². The summed E-state index contributed by atoms with van der Waals surface area (Å²) in [6.07, 6.45) is 2.61. The second-order valence-electron chi connectivity index (χ2n) is 15.9. The summed E-state index contributed by atoms with van der Waals surface area (Å²) >= 11 is 0. The number of benzene rings is 5. The van der Waals surface area contributed by atoms with Gasteiger partial charge in [0.2, 0.25) is 11.8 Å². The lowest BCUT2D eigenvalue weighted by atomic mass is 9.99. The summed E-state index contributed by atoms with van der Waals surface area (Å²) in [5.41, 5.74) is 4.21. The van der Waals surface area contributed by atoms with Crippen molar-refractivity contribution in [2.75, 3.05) is 76.8 Å². The number of piperazine rings is 1. The molecule has 0 aromatic heterocycles. The third-order valence-corrected chi connectivity index (χ3v) is 12.7. The lowest BCUT2D eigenvalue weighted by molar-refractivity contribution is -0.136. The Morgan fingerprint density at radius 2 is 1.56 bits per heavy atom. The van der Waals surface area contributed by atoms with Crippen LogP contribution >= 0.6 is 0 Å². The molecule has 62 heavy (non-hydrogen) atoms. The fourth-order valence-electron chi connectivity index (χ4n) is 8.17. The molecule has 3 heterocycles. The minimum atomic E-state index is -3.33. The van der Waals surface area contributed by atoms with Crippen LogP contribution in [0.15, 0.2) is 102 Å². The molecule has 3 amide bonds. The summed E-state index contributed by atoms with van der Waals surface area (Å²) < 4.78 is 42.4. The first-order chi connectivity index (χ1) is 30.0. The number of anilines is 1. The number of hydrogen-bond donors (Lipinski definition) is 3. The Morgan fingerprint density at radius 1 is 0.806 bits per heavy atom. The number of phenols is 1. The summed E-state index contributed by atoms with van der Waals surface area (Å²) in [6, 6.07) is 28.4. The van der Waals surface area contributed by atoms with E-state index in [0.717, 1.165) is 91.1 Å². The Balaban J connectivity index is 0.712. The highest BCUT2D eigenvalue weighted by atomic mass is 32.2. The van der Waals surface area contributed by atoms with Crippen LogP contribution in [0.25, 0.3) is 21.9 Å². The molecule has 0 bridgehead atoms. The van der Waals surface area contributed by atoms with Crippen molar-refractivity contribution in [3.8, 4) is 34.1 Å². The largest absolute Gasteiger partial charge is 0.508 e. The normalized spacial score (nSPS) is 17.0. The molecule has 14 nitrogen and oxygen atoms in total. The summed E-state index contributed by atoms with van der Waals surface area (Å²) in [6.45, 7) is 8.18. The fraction of sp³-hybridized carbons (Fsp3) is 0.340. The van der Waals surface area contributed by atoms with E-state index in [1.54, 1.807) is 41.3 Å². The van der Waals surface area contributed by atoms with Gasteiger partial charge in [-0.15, -0.1) is 0 Å². The molecule has 0 radical (unpaired) electrons. The number of phenolic OH excluding ortho intramolecular Hbond substituents is 1. The quantitative estimate of drug-likeness (QED) is 0.0810. The predicted molar refractivity (Wildman–Crippen MR) is 236 cm³/mol. The number of nitrogens with zero attached hydrogens (tertiary/aromatic N) is 3. The second kappa shape index (κ2) is 18.9. The topological polar surface area (TPSA) is 167 Å². The van der Waals surface area contributed by atoms with E-state index >= 15 is 0 Å². The van der Waals surface area contributed by atoms with E-state index in [0.29, 0.717) is 49.8 Å². The van der Waals surface area contributed by atoms with Gasteiger partial charge in [-0.05, 0) is 115 Å². The van der Waals surface area contributed by atoms with E-state index in [4.69, 9.17) is 14.2 Å². The molecule has 15 heteroatoms. The molecule has 5 aromatic carbocycles. The number of amides is 3. The number of sulfone groups is 1. The lowest BCUT2D eigenvalue weighted by Gasteiger charge is -2.36. The Bertz CT molecular complexity index is 2540. The van der Waals surface area contributed by atoms with E-state index in [1.165, 1.54) is 6.26 Å². The average molecular weight is 862 g/mol. The van der Waals surface area contributed by atoms with Gasteiger partial charge in [0.1, 0.15) is 29.0 Å². The minimum absolute atomic E-state index is 0.150. The fourth-order valence-corrected chi connectivity index (χ4v) is 8.80. The SMILES string of the molecule is CS(=O)(=O)c1ccc(-c2ccc3cc(O)ccc3c2Oc2ccc(OCCCNCCOCCN3CCN(c4ccc5c(c4)CN(C4CCC(=O)NC4=O)C5=O)CC3)cc2)cc1.